The van der Waals surface area contributed by atoms with Gasteiger partial charge in [0.15, 0.2) is 11.5 Å². The largest absolute Gasteiger partial charge is 0.382 e. The molecule has 4 N–H and O–H groups in total. The van der Waals surface area contributed by atoms with Crippen LogP contribution in [0.1, 0.15) is 33.9 Å². The van der Waals surface area contributed by atoms with Crippen molar-refractivity contribution in [1.82, 2.24) is 30.5 Å². The van der Waals surface area contributed by atoms with Crippen LogP contribution in [0.2, 0.25) is 0 Å². The summed E-state index contributed by atoms with van der Waals surface area (Å²) in [5, 5.41) is 11.3. The van der Waals surface area contributed by atoms with E-state index in [1.165, 1.54) is 5.56 Å². The van der Waals surface area contributed by atoms with Gasteiger partial charge >= 0.3 is 0 Å². The maximum Gasteiger partial charge on any atom is 0.274 e. The van der Waals surface area contributed by atoms with E-state index in [0.717, 1.165) is 52.7 Å². The molecule has 3 aromatic heterocycles. The van der Waals surface area contributed by atoms with Crippen molar-refractivity contribution in [1.29, 1.82) is 0 Å². The zero-order valence-electron chi connectivity index (χ0n) is 19.0. The van der Waals surface area contributed by atoms with Crippen molar-refractivity contribution in [2.75, 3.05) is 5.73 Å². The summed E-state index contributed by atoms with van der Waals surface area (Å²) >= 11 is 0. The van der Waals surface area contributed by atoms with E-state index in [1.807, 2.05) is 60.7 Å². The first kappa shape index (κ1) is 21.0. The quantitative estimate of drug-likeness (QED) is 0.362. The predicted octanol–water partition coefficient (Wildman–Crippen LogP) is 4.08. The third kappa shape index (κ3) is 3.89. The predicted molar refractivity (Wildman–Crippen MR) is 134 cm³/mol. The van der Waals surface area contributed by atoms with E-state index in [-0.39, 0.29) is 17.4 Å². The second kappa shape index (κ2) is 8.64. The van der Waals surface area contributed by atoms with Gasteiger partial charge in [0.2, 0.25) is 0 Å². The molecule has 6 rings (SSSR count). The number of aromatic amines is 1. The first-order chi connectivity index (χ1) is 17.2. The molecule has 5 aromatic rings. The number of amides is 1. The molecule has 0 saturated heterocycles. The Morgan fingerprint density at radius 2 is 1.83 bits per heavy atom. The van der Waals surface area contributed by atoms with Gasteiger partial charge < -0.3 is 11.1 Å². The minimum Gasteiger partial charge on any atom is -0.382 e. The number of aryl methyl sites for hydroxylation is 1. The SMILES string of the molecule is Nc1nc(-c2ccccc2)c(-c2ccc3ncccc3c2)nc1C(=O)NCc1n[nH]c2c1CCC2. The van der Waals surface area contributed by atoms with E-state index in [2.05, 4.69) is 25.5 Å². The molecule has 1 aliphatic rings. The van der Waals surface area contributed by atoms with Crippen LogP contribution in [0.3, 0.4) is 0 Å². The number of pyridine rings is 1. The molecule has 8 nitrogen and oxygen atoms in total. The number of nitrogens with one attached hydrogen (secondary N) is 2. The highest BCUT2D eigenvalue weighted by molar-refractivity contribution is 5.98. The van der Waals surface area contributed by atoms with Crippen LogP contribution in [0.15, 0.2) is 66.9 Å². The van der Waals surface area contributed by atoms with Crippen molar-refractivity contribution < 1.29 is 4.79 Å². The van der Waals surface area contributed by atoms with Crippen molar-refractivity contribution in [3.05, 3.63) is 89.5 Å². The molecule has 0 saturated carbocycles. The molecule has 0 spiro atoms. The van der Waals surface area contributed by atoms with Crippen molar-refractivity contribution in [2.24, 2.45) is 0 Å². The van der Waals surface area contributed by atoms with E-state index in [4.69, 9.17) is 10.7 Å². The van der Waals surface area contributed by atoms with Crippen LogP contribution in [-0.2, 0) is 19.4 Å². The fourth-order valence-electron chi connectivity index (χ4n) is 4.62. The summed E-state index contributed by atoms with van der Waals surface area (Å²) in [6.45, 7) is 0.309. The van der Waals surface area contributed by atoms with Crippen LogP contribution in [0.4, 0.5) is 5.82 Å². The molecule has 1 aliphatic carbocycles. The molecule has 35 heavy (non-hydrogen) atoms. The highest BCUT2D eigenvalue weighted by Crippen LogP contribution is 2.32. The first-order valence-electron chi connectivity index (χ1n) is 11.6. The monoisotopic (exact) mass is 461 g/mol. The van der Waals surface area contributed by atoms with Gasteiger partial charge in [0, 0.05) is 28.4 Å². The molecule has 0 radical (unpaired) electrons. The first-order valence-corrected chi connectivity index (χ1v) is 11.6. The minimum atomic E-state index is -0.381. The van der Waals surface area contributed by atoms with Crippen molar-refractivity contribution >= 4 is 22.6 Å². The number of carbonyl (C=O) groups excluding carboxylic acids is 1. The lowest BCUT2D eigenvalue weighted by Crippen LogP contribution is -2.26. The van der Waals surface area contributed by atoms with E-state index in [0.29, 0.717) is 17.9 Å². The highest BCUT2D eigenvalue weighted by Gasteiger charge is 2.22. The molecular formula is C27H23N7O. The lowest BCUT2D eigenvalue weighted by atomic mass is 10.0. The van der Waals surface area contributed by atoms with Crippen molar-refractivity contribution in [3.8, 4) is 22.5 Å². The van der Waals surface area contributed by atoms with Crippen LogP contribution in [-0.4, -0.2) is 31.1 Å². The number of carbonyl (C=O) groups is 1. The molecule has 0 bridgehead atoms. The van der Waals surface area contributed by atoms with Gasteiger partial charge in [-0.3, -0.25) is 14.9 Å². The van der Waals surface area contributed by atoms with E-state index in [9.17, 15) is 4.79 Å². The van der Waals surface area contributed by atoms with Gasteiger partial charge in [0.1, 0.15) is 0 Å². The second-order valence-electron chi connectivity index (χ2n) is 8.60. The summed E-state index contributed by atoms with van der Waals surface area (Å²) in [7, 11) is 0. The number of fused-ring (bicyclic) bond motifs is 2. The number of nitrogens with two attached hydrogens (primary N) is 1. The average molecular weight is 462 g/mol. The number of hydrogen-bond acceptors (Lipinski definition) is 6. The van der Waals surface area contributed by atoms with Gasteiger partial charge in [-0.2, -0.15) is 5.10 Å². The van der Waals surface area contributed by atoms with Crippen LogP contribution < -0.4 is 11.1 Å². The standard InChI is InChI=1S/C27H23N7O/c28-26-25(27(35)30-15-22-19-9-4-10-21(19)33-34-22)31-24(23(32-26)16-6-2-1-3-7-16)18-11-12-20-17(14-18)8-5-13-29-20/h1-3,5-8,11-14H,4,9-10,15H2,(H2,28,32)(H,30,35)(H,33,34). The highest BCUT2D eigenvalue weighted by atomic mass is 16.1. The van der Waals surface area contributed by atoms with E-state index >= 15 is 0 Å². The Morgan fingerprint density at radius 1 is 0.971 bits per heavy atom. The number of nitrogens with zero attached hydrogens (tertiary/aromatic N) is 4. The Hall–Kier alpha value is -4.59. The zero-order valence-corrected chi connectivity index (χ0v) is 19.0. The lowest BCUT2D eigenvalue weighted by molar-refractivity contribution is 0.0946. The maximum absolute atomic E-state index is 13.2. The number of H-pyrrole nitrogens is 1. The molecule has 0 fully saturated rings. The number of nitrogen functional groups attached to an aromatic ring is 1. The van der Waals surface area contributed by atoms with Gasteiger partial charge in [0.05, 0.1) is 29.1 Å². The molecule has 2 aromatic carbocycles. The topological polar surface area (TPSA) is 122 Å². The molecule has 8 heteroatoms. The molecule has 1 amide bonds. The Labute approximate surface area is 201 Å². The lowest BCUT2D eigenvalue weighted by Gasteiger charge is -2.13. The Morgan fingerprint density at radius 3 is 2.71 bits per heavy atom. The number of aromatic nitrogens is 5. The summed E-state index contributed by atoms with van der Waals surface area (Å²) in [6, 6.07) is 19.5. The number of benzene rings is 2. The zero-order chi connectivity index (χ0) is 23.8. The van der Waals surface area contributed by atoms with Gasteiger partial charge in [-0.05, 0) is 43.0 Å². The maximum atomic E-state index is 13.2. The molecular weight excluding hydrogens is 438 g/mol. The normalized spacial score (nSPS) is 12.6. The molecule has 0 aliphatic heterocycles. The minimum absolute atomic E-state index is 0.0832. The number of anilines is 1. The fourth-order valence-corrected chi connectivity index (χ4v) is 4.62. The third-order valence-electron chi connectivity index (χ3n) is 6.37. The van der Waals surface area contributed by atoms with Gasteiger partial charge in [0.25, 0.3) is 5.91 Å². The smallest absolute Gasteiger partial charge is 0.274 e. The molecule has 172 valence electrons. The van der Waals surface area contributed by atoms with Crippen LogP contribution in [0.5, 0.6) is 0 Å². The summed E-state index contributed by atoms with van der Waals surface area (Å²) < 4.78 is 0. The molecule has 0 unspecified atom stereocenters. The summed E-state index contributed by atoms with van der Waals surface area (Å²) in [6.07, 6.45) is 4.85. The average Bonchev–Trinajstić information content (AvgIpc) is 3.52. The van der Waals surface area contributed by atoms with Crippen LogP contribution in [0.25, 0.3) is 33.4 Å². The second-order valence-corrected chi connectivity index (χ2v) is 8.60. The summed E-state index contributed by atoms with van der Waals surface area (Å²) in [5.41, 5.74) is 13.4. The molecule has 0 atom stereocenters. The Kier molecular flexibility index (Phi) is 5.18. The van der Waals surface area contributed by atoms with E-state index in [1.54, 1.807) is 6.20 Å². The number of hydrogen-bond donors (Lipinski definition) is 3. The van der Waals surface area contributed by atoms with E-state index < -0.39 is 0 Å². The Balaban J connectivity index is 1.40. The Bertz CT molecular complexity index is 1560. The fraction of sp³-hybridized carbons (Fsp3) is 0.148. The molecule has 3 heterocycles. The van der Waals surface area contributed by atoms with Crippen molar-refractivity contribution in [3.63, 3.8) is 0 Å². The van der Waals surface area contributed by atoms with Gasteiger partial charge in [-0.1, -0.05) is 42.5 Å². The van der Waals surface area contributed by atoms with Crippen molar-refractivity contribution in [2.45, 2.75) is 25.8 Å². The van der Waals surface area contributed by atoms with Crippen LogP contribution in [0, 0.1) is 0 Å². The third-order valence-corrected chi connectivity index (χ3v) is 6.37. The number of rotatable bonds is 5. The summed E-state index contributed by atoms with van der Waals surface area (Å²) in [4.78, 5) is 27.0. The van der Waals surface area contributed by atoms with Crippen LogP contribution >= 0.6 is 0 Å². The van der Waals surface area contributed by atoms with Gasteiger partial charge in [-0.15, -0.1) is 0 Å². The van der Waals surface area contributed by atoms with Gasteiger partial charge in [-0.25, -0.2) is 9.97 Å². The summed E-state index contributed by atoms with van der Waals surface area (Å²) in [5.74, 6) is -0.298.